The zero-order chi connectivity index (χ0) is 14.6. The lowest BCUT2D eigenvalue weighted by molar-refractivity contribution is -0.131. The van der Waals surface area contributed by atoms with Gasteiger partial charge in [0.2, 0.25) is 0 Å². The van der Waals surface area contributed by atoms with Crippen molar-refractivity contribution in [3.8, 4) is 0 Å². The fraction of sp³-hybridized carbons (Fsp3) is 0.429. The van der Waals surface area contributed by atoms with Crippen LogP contribution in [0.25, 0.3) is 0 Å². The zero-order valence-electron chi connectivity index (χ0n) is 11.2. The smallest absolute Gasteiger partial charge is 0.412 e. The summed E-state index contributed by atoms with van der Waals surface area (Å²) in [5.41, 5.74) is 10.7. The van der Waals surface area contributed by atoms with Gasteiger partial charge in [0, 0.05) is 6.54 Å². The van der Waals surface area contributed by atoms with Crippen molar-refractivity contribution in [2.45, 2.75) is 31.5 Å². The first-order valence-corrected chi connectivity index (χ1v) is 6.61. The molecule has 0 aliphatic carbocycles. The van der Waals surface area contributed by atoms with Crippen LogP contribution in [0.5, 0.6) is 0 Å². The third kappa shape index (κ3) is 2.91. The highest BCUT2D eigenvalue weighted by Crippen LogP contribution is 2.24. The normalized spacial score (nSPS) is 22.4. The van der Waals surface area contributed by atoms with E-state index < -0.39 is 17.7 Å². The molecular weight excluding hydrogens is 258 g/mol. The number of nitrogens with two attached hydrogens (primary N) is 2. The molecule has 0 bridgehead atoms. The van der Waals surface area contributed by atoms with Crippen LogP contribution in [0.1, 0.15) is 24.8 Å². The Morgan fingerprint density at radius 2 is 1.95 bits per heavy atom. The first-order chi connectivity index (χ1) is 9.54. The minimum Gasteiger partial charge on any atom is -0.444 e. The van der Waals surface area contributed by atoms with E-state index in [1.54, 1.807) is 0 Å². The lowest BCUT2D eigenvalue weighted by Gasteiger charge is -2.40. The summed E-state index contributed by atoms with van der Waals surface area (Å²) >= 11 is 0. The summed E-state index contributed by atoms with van der Waals surface area (Å²) in [6.07, 6.45) is 1.31. The molecule has 1 atom stereocenters. The van der Waals surface area contributed by atoms with Crippen LogP contribution < -0.4 is 11.5 Å². The van der Waals surface area contributed by atoms with Crippen LogP contribution in [0.2, 0.25) is 0 Å². The Bertz CT molecular complexity index is 492. The standard InChI is InChI=1S/C14H19N3O3/c15-12(18)14(16)8-4-5-9-17(14)13(19)20-10-11-6-2-1-3-7-11/h1-3,6-7H,4-5,8-10,16H2,(H2,15,18). The summed E-state index contributed by atoms with van der Waals surface area (Å²) in [6, 6.07) is 9.32. The van der Waals surface area contributed by atoms with Gasteiger partial charge in [-0.3, -0.25) is 9.69 Å². The highest BCUT2D eigenvalue weighted by molar-refractivity contribution is 5.88. The molecule has 2 amide bonds. The second-order valence-corrected chi connectivity index (χ2v) is 4.94. The summed E-state index contributed by atoms with van der Waals surface area (Å²) in [5.74, 6) is -0.700. The average molecular weight is 277 g/mol. The van der Waals surface area contributed by atoms with Gasteiger partial charge in [0.15, 0.2) is 5.66 Å². The number of nitrogens with zero attached hydrogens (tertiary/aromatic N) is 1. The Hall–Kier alpha value is -2.08. The first-order valence-electron chi connectivity index (χ1n) is 6.61. The number of ether oxygens (including phenoxy) is 1. The molecule has 0 spiro atoms. The summed E-state index contributed by atoms with van der Waals surface area (Å²) in [5, 5.41) is 0. The van der Waals surface area contributed by atoms with Gasteiger partial charge in [0.05, 0.1) is 0 Å². The van der Waals surface area contributed by atoms with E-state index in [-0.39, 0.29) is 6.61 Å². The molecule has 0 radical (unpaired) electrons. The number of rotatable bonds is 3. The van der Waals surface area contributed by atoms with Crippen molar-refractivity contribution in [2.75, 3.05) is 6.54 Å². The monoisotopic (exact) mass is 277 g/mol. The number of benzene rings is 1. The maximum absolute atomic E-state index is 12.1. The molecule has 4 N–H and O–H groups in total. The number of likely N-dealkylation sites (tertiary alicyclic amines) is 1. The van der Waals surface area contributed by atoms with Crippen LogP contribution in [0.15, 0.2) is 30.3 Å². The van der Waals surface area contributed by atoms with Crippen LogP contribution in [0.3, 0.4) is 0 Å². The number of carbonyl (C=O) groups excluding carboxylic acids is 2. The SMILES string of the molecule is NC(=O)C1(N)CCCCN1C(=O)OCc1ccccc1. The summed E-state index contributed by atoms with van der Waals surface area (Å²) < 4.78 is 5.21. The lowest BCUT2D eigenvalue weighted by atomic mass is 9.96. The quantitative estimate of drug-likeness (QED) is 0.859. The van der Waals surface area contributed by atoms with Gasteiger partial charge >= 0.3 is 6.09 Å². The maximum Gasteiger partial charge on any atom is 0.412 e. The number of hydrogen-bond acceptors (Lipinski definition) is 4. The Morgan fingerprint density at radius 3 is 2.60 bits per heavy atom. The van der Waals surface area contributed by atoms with Gasteiger partial charge in [-0.05, 0) is 24.8 Å². The van der Waals surface area contributed by atoms with Crippen LogP contribution in [0, 0.1) is 0 Å². The minimum atomic E-state index is -1.44. The van der Waals surface area contributed by atoms with Crippen LogP contribution in [-0.4, -0.2) is 29.1 Å². The third-order valence-corrected chi connectivity index (χ3v) is 3.52. The average Bonchev–Trinajstić information content (AvgIpc) is 2.46. The molecule has 6 heteroatoms. The van der Waals surface area contributed by atoms with Gasteiger partial charge in [-0.1, -0.05) is 30.3 Å². The van der Waals surface area contributed by atoms with Crippen LogP contribution in [-0.2, 0) is 16.1 Å². The van der Waals surface area contributed by atoms with Crippen molar-refractivity contribution in [2.24, 2.45) is 11.5 Å². The van der Waals surface area contributed by atoms with E-state index in [0.717, 1.165) is 18.4 Å². The largest absolute Gasteiger partial charge is 0.444 e. The molecule has 1 heterocycles. The predicted molar refractivity (Wildman–Crippen MR) is 73.3 cm³/mol. The second kappa shape index (κ2) is 5.92. The van der Waals surface area contributed by atoms with E-state index in [0.29, 0.717) is 13.0 Å². The van der Waals surface area contributed by atoms with Gasteiger partial charge in [-0.25, -0.2) is 4.79 Å². The Balaban J connectivity index is 2.02. The van der Waals surface area contributed by atoms with E-state index in [1.165, 1.54) is 4.90 Å². The minimum absolute atomic E-state index is 0.144. The zero-order valence-corrected chi connectivity index (χ0v) is 11.2. The molecule has 0 saturated carbocycles. The molecule has 108 valence electrons. The molecule has 20 heavy (non-hydrogen) atoms. The fourth-order valence-corrected chi connectivity index (χ4v) is 2.31. The topological polar surface area (TPSA) is 98.6 Å². The van der Waals surface area contributed by atoms with E-state index in [2.05, 4.69) is 0 Å². The van der Waals surface area contributed by atoms with Crippen molar-refractivity contribution < 1.29 is 14.3 Å². The second-order valence-electron chi connectivity index (χ2n) is 4.94. The lowest BCUT2D eigenvalue weighted by Crippen LogP contribution is -2.67. The molecular formula is C14H19N3O3. The Kier molecular flexibility index (Phi) is 4.24. The van der Waals surface area contributed by atoms with E-state index in [4.69, 9.17) is 16.2 Å². The summed E-state index contributed by atoms with van der Waals surface area (Å²) in [7, 11) is 0. The number of carbonyl (C=O) groups is 2. The van der Waals surface area contributed by atoms with Crippen molar-refractivity contribution in [3.63, 3.8) is 0 Å². The summed E-state index contributed by atoms with van der Waals surface area (Å²) in [6.45, 7) is 0.526. The number of hydrogen-bond donors (Lipinski definition) is 2. The van der Waals surface area contributed by atoms with Crippen LogP contribution >= 0.6 is 0 Å². The molecule has 1 aliphatic rings. The molecule has 0 aromatic heterocycles. The molecule has 1 aromatic rings. The van der Waals surface area contributed by atoms with E-state index in [9.17, 15) is 9.59 Å². The molecule has 2 rings (SSSR count). The van der Waals surface area contributed by atoms with Crippen molar-refractivity contribution >= 4 is 12.0 Å². The number of amides is 2. The van der Waals surface area contributed by atoms with E-state index in [1.807, 2.05) is 30.3 Å². The van der Waals surface area contributed by atoms with E-state index >= 15 is 0 Å². The summed E-state index contributed by atoms with van der Waals surface area (Å²) in [4.78, 5) is 24.9. The van der Waals surface area contributed by atoms with Gasteiger partial charge < -0.3 is 16.2 Å². The Labute approximate surface area is 117 Å². The fourth-order valence-electron chi connectivity index (χ4n) is 2.31. The van der Waals surface area contributed by atoms with Gasteiger partial charge in [-0.2, -0.15) is 0 Å². The predicted octanol–water partition coefficient (Wildman–Crippen LogP) is 0.949. The van der Waals surface area contributed by atoms with Crippen molar-refractivity contribution in [1.29, 1.82) is 0 Å². The maximum atomic E-state index is 12.1. The molecule has 1 aliphatic heterocycles. The molecule has 1 fully saturated rings. The van der Waals surface area contributed by atoms with Crippen molar-refractivity contribution in [1.82, 2.24) is 4.90 Å². The Morgan fingerprint density at radius 1 is 1.25 bits per heavy atom. The van der Waals surface area contributed by atoms with Gasteiger partial charge in [0.1, 0.15) is 6.61 Å². The first kappa shape index (κ1) is 14.3. The van der Waals surface area contributed by atoms with Gasteiger partial charge in [-0.15, -0.1) is 0 Å². The highest BCUT2D eigenvalue weighted by Gasteiger charge is 2.44. The third-order valence-electron chi connectivity index (χ3n) is 3.52. The highest BCUT2D eigenvalue weighted by atomic mass is 16.6. The number of primary amides is 1. The molecule has 6 nitrogen and oxygen atoms in total. The number of piperidine rings is 1. The van der Waals surface area contributed by atoms with Crippen molar-refractivity contribution in [3.05, 3.63) is 35.9 Å². The molecule has 1 unspecified atom stereocenters. The van der Waals surface area contributed by atoms with Crippen LogP contribution in [0.4, 0.5) is 4.79 Å². The van der Waals surface area contributed by atoms with Gasteiger partial charge in [0.25, 0.3) is 5.91 Å². The molecule has 1 aromatic carbocycles. The molecule has 1 saturated heterocycles.